The van der Waals surface area contributed by atoms with Crippen LogP contribution in [0.15, 0.2) is 42.6 Å². The quantitative estimate of drug-likeness (QED) is 0.888. The van der Waals surface area contributed by atoms with E-state index in [1.165, 1.54) is 30.4 Å². The second kappa shape index (κ2) is 5.14. The van der Waals surface area contributed by atoms with Gasteiger partial charge in [0.2, 0.25) is 0 Å². The average molecular weight is 252 g/mol. The molecular weight excluding hydrogens is 232 g/mol. The Morgan fingerprint density at radius 2 is 2.05 bits per heavy atom. The molecule has 0 radical (unpaired) electrons. The van der Waals surface area contributed by atoms with Crippen molar-refractivity contribution in [2.45, 2.75) is 38.1 Å². The van der Waals surface area contributed by atoms with Crippen LogP contribution in [0.2, 0.25) is 0 Å². The van der Waals surface area contributed by atoms with Gasteiger partial charge in [0.1, 0.15) is 0 Å². The van der Waals surface area contributed by atoms with Gasteiger partial charge in [-0.05, 0) is 48.9 Å². The molecule has 1 heterocycles. The number of nitrogens with two attached hydrogens (primary N) is 1. The van der Waals surface area contributed by atoms with Crippen molar-refractivity contribution in [2.24, 2.45) is 5.73 Å². The fourth-order valence-electron chi connectivity index (χ4n) is 3.07. The molecule has 0 saturated carbocycles. The van der Waals surface area contributed by atoms with Crippen LogP contribution < -0.4 is 5.73 Å². The van der Waals surface area contributed by atoms with Crippen LogP contribution in [0.3, 0.4) is 0 Å². The summed E-state index contributed by atoms with van der Waals surface area (Å²) in [6.45, 7) is 2.01. The normalized spacial score (nSPS) is 19.8. The van der Waals surface area contributed by atoms with Gasteiger partial charge >= 0.3 is 0 Å². The first kappa shape index (κ1) is 12.4. The minimum atomic E-state index is 0.0505. The van der Waals surface area contributed by atoms with Crippen molar-refractivity contribution >= 4 is 0 Å². The fraction of sp³-hybridized carbons (Fsp3) is 0.353. The Kier molecular flexibility index (Phi) is 3.34. The topological polar surface area (TPSA) is 38.9 Å². The molecule has 0 bridgehead atoms. The minimum Gasteiger partial charge on any atom is -0.323 e. The maximum absolute atomic E-state index is 6.49. The highest BCUT2D eigenvalue weighted by Crippen LogP contribution is 2.38. The van der Waals surface area contributed by atoms with Crippen molar-refractivity contribution in [1.82, 2.24) is 4.98 Å². The van der Waals surface area contributed by atoms with Gasteiger partial charge in [-0.25, -0.2) is 0 Å². The summed E-state index contributed by atoms with van der Waals surface area (Å²) in [5, 5.41) is 0. The van der Waals surface area contributed by atoms with Gasteiger partial charge in [0.05, 0.1) is 0 Å². The van der Waals surface area contributed by atoms with Crippen LogP contribution in [0.5, 0.6) is 0 Å². The lowest BCUT2D eigenvalue weighted by atomic mass is 9.77. The SMILES string of the molecule is Cc1ccc(C(N)C2CCCc3ccccc32)cn1. The third-order valence-corrected chi connectivity index (χ3v) is 4.17. The van der Waals surface area contributed by atoms with Crippen molar-refractivity contribution in [2.75, 3.05) is 0 Å². The molecule has 2 aromatic rings. The number of aromatic nitrogens is 1. The Morgan fingerprint density at radius 3 is 2.84 bits per heavy atom. The molecule has 0 amide bonds. The second-order valence-corrected chi connectivity index (χ2v) is 5.46. The van der Waals surface area contributed by atoms with E-state index >= 15 is 0 Å². The van der Waals surface area contributed by atoms with Crippen LogP contribution in [0.4, 0.5) is 0 Å². The van der Waals surface area contributed by atoms with E-state index in [0.717, 1.165) is 11.3 Å². The smallest absolute Gasteiger partial charge is 0.0379 e. The Bertz CT molecular complexity index is 560. The maximum atomic E-state index is 6.49. The highest BCUT2D eigenvalue weighted by atomic mass is 14.7. The zero-order chi connectivity index (χ0) is 13.2. The lowest BCUT2D eigenvalue weighted by molar-refractivity contribution is 0.474. The van der Waals surface area contributed by atoms with Gasteiger partial charge in [0.25, 0.3) is 0 Å². The van der Waals surface area contributed by atoms with Crippen molar-refractivity contribution < 1.29 is 0 Å². The van der Waals surface area contributed by atoms with E-state index in [1.54, 1.807) is 0 Å². The standard InChI is InChI=1S/C17H20N2/c1-12-9-10-14(11-19-12)17(18)16-8-4-6-13-5-2-3-7-15(13)16/h2-3,5,7,9-11,16-17H,4,6,8,18H2,1H3. The predicted molar refractivity (Wildman–Crippen MR) is 78.0 cm³/mol. The molecule has 98 valence electrons. The van der Waals surface area contributed by atoms with Gasteiger partial charge in [-0.3, -0.25) is 4.98 Å². The molecule has 0 saturated heterocycles. The van der Waals surface area contributed by atoms with E-state index in [-0.39, 0.29) is 6.04 Å². The Hall–Kier alpha value is -1.67. The van der Waals surface area contributed by atoms with E-state index in [9.17, 15) is 0 Å². The molecule has 1 aromatic heterocycles. The van der Waals surface area contributed by atoms with Gasteiger partial charge in [-0.1, -0.05) is 30.3 Å². The molecule has 1 aliphatic carbocycles. The van der Waals surface area contributed by atoms with E-state index in [2.05, 4.69) is 35.3 Å². The van der Waals surface area contributed by atoms with Crippen LogP contribution in [0.1, 0.15) is 47.2 Å². The third-order valence-electron chi connectivity index (χ3n) is 4.17. The number of aryl methyl sites for hydroxylation is 2. The van der Waals surface area contributed by atoms with E-state index in [4.69, 9.17) is 5.73 Å². The monoisotopic (exact) mass is 252 g/mol. The van der Waals surface area contributed by atoms with Crippen molar-refractivity contribution in [3.05, 3.63) is 65.0 Å². The summed E-state index contributed by atoms with van der Waals surface area (Å²) in [7, 11) is 0. The number of hydrogen-bond acceptors (Lipinski definition) is 2. The lowest BCUT2D eigenvalue weighted by Gasteiger charge is -2.30. The zero-order valence-electron chi connectivity index (χ0n) is 11.3. The summed E-state index contributed by atoms with van der Waals surface area (Å²) in [4.78, 5) is 4.37. The first-order valence-corrected chi connectivity index (χ1v) is 7.01. The Balaban J connectivity index is 1.92. The molecule has 2 nitrogen and oxygen atoms in total. The summed E-state index contributed by atoms with van der Waals surface area (Å²) in [6, 6.07) is 12.9. The summed E-state index contributed by atoms with van der Waals surface area (Å²) < 4.78 is 0. The highest BCUT2D eigenvalue weighted by Gasteiger charge is 2.26. The summed E-state index contributed by atoms with van der Waals surface area (Å²) in [5.41, 5.74) is 11.6. The number of hydrogen-bond donors (Lipinski definition) is 1. The van der Waals surface area contributed by atoms with Crippen molar-refractivity contribution in [3.63, 3.8) is 0 Å². The van der Waals surface area contributed by atoms with Crippen LogP contribution >= 0.6 is 0 Å². The van der Waals surface area contributed by atoms with Gasteiger partial charge in [0, 0.05) is 23.9 Å². The van der Waals surface area contributed by atoms with E-state index < -0.39 is 0 Å². The fourth-order valence-corrected chi connectivity index (χ4v) is 3.07. The molecular formula is C17H20N2. The van der Waals surface area contributed by atoms with Crippen LogP contribution in [0.25, 0.3) is 0 Å². The zero-order valence-corrected chi connectivity index (χ0v) is 11.3. The van der Waals surface area contributed by atoms with Gasteiger partial charge in [0.15, 0.2) is 0 Å². The molecule has 2 unspecified atom stereocenters. The summed E-state index contributed by atoms with van der Waals surface area (Å²) in [5.74, 6) is 0.425. The number of benzene rings is 1. The van der Waals surface area contributed by atoms with Crippen LogP contribution in [-0.4, -0.2) is 4.98 Å². The molecule has 2 N–H and O–H groups in total. The molecule has 1 aromatic carbocycles. The first-order chi connectivity index (χ1) is 9.25. The van der Waals surface area contributed by atoms with Gasteiger partial charge < -0.3 is 5.73 Å². The van der Waals surface area contributed by atoms with Crippen LogP contribution in [-0.2, 0) is 6.42 Å². The number of fused-ring (bicyclic) bond motifs is 1. The maximum Gasteiger partial charge on any atom is 0.0379 e. The molecule has 1 aliphatic rings. The van der Waals surface area contributed by atoms with Gasteiger partial charge in [-0.15, -0.1) is 0 Å². The van der Waals surface area contributed by atoms with E-state index in [0.29, 0.717) is 5.92 Å². The number of rotatable bonds is 2. The van der Waals surface area contributed by atoms with Crippen LogP contribution in [0, 0.1) is 6.92 Å². The first-order valence-electron chi connectivity index (χ1n) is 7.01. The molecule has 2 atom stereocenters. The van der Waals surface area contributed by atoms with E-state index in [1.807, 2.05) is 19.2 Å². The third kappa shape index (κ3) is 2.41. The second-order valence-electron chi connectivity index (χ2n) is 5.46. The largest absolute Gasteiger partial charge is 0.323 e. The number of nitrogens with zero attached hydrogens (tertiary/aromatic N) is 1. The Morgan fingerprint density at radius 1 is 1.21 bits per heavy atom. The summed E-state index contributed by atoms with van der Waals surface area (Å²) in [6.07, 6.45) is 5.52. The van der Waals surface area contributed by atoms with Crippen molar-refractivity contribution in [3.8, 4) is 0 Å². The van der Waals surface area contributed by atoms with Gasteiger partial charge in [-0.2, -0.15) is 0 Å². The lowest BCUT2D eigenvalue weighted by Crippen LogP contribution is -2.23. The predicted octanol–water partition coefficient (Wildman–Crippen LogP) is 3.51. The molecule has 19 heavy (non-hydrogen) atoms. The van der Waals surface area contributed by atoms with Crippen molar-refractivity contribution in [1.29, 1.82) is 0 Å². The Labute approximate surface area is 114 Å². The minimum absolute atomic E-state index is 0.0505. The highest BCUT2D eigenvalue weighted by molar-refractivity contribution is 5.35. The molecule has 0 spiro atoms. The average Bonchev–Trinajstić information content (AvgIpc) is 2.47. The molecule has 0 fully saturated rings. The molecule has 0 aliphatic heterocycles. The molecule has 3 rings (SSSR count). The molecule has 2 heteroatoms. The number of pyridine rings is 1. The summed E-state index contributed by atoms with van der Waals surface area (Å²) >= 11 is 0.